The van der Waals surface area contributed by atoms with Crippen LogP contribution in [0.15, 0.2) is 28.4 Å². The van der Waals surface area contributed by atoms with Crippen LogP contribution in [0.2, 0.25) is 10.0 Å². The zero-order chi connectivity index (χ0) is 11.5. The third kappa shape index (κ3) is 2.51. The van der Waals surface area contributed by atoms with Crippen molar-refractivity contribution in [2.45, 2.75) is 0 Å². The second kappa shape index (κ2) is 5.08. The van der Waals surface area contributed by atoms with Gasteiger partial charge in [0, 0.05) is 28.4 Å². The van der Waals surface area contributed by atoms with E-state index in [4.69, 9.17) is 23.2 Å². The van der Waals surface area contributed by atoms with Crippen molar-refractivity contribution >= 4 is 45.8 Å². The Bertz CT molecular complexity index is 471. The summed E-state index contributed by atoms with van der Waals surface area (Å²) in [5, 5.41) is 13.2. The van der Waals surface area contributed by atoms with Crippen molar-refractivity contribution < 1.29 is 0 Å². The molecule has 1 aliphatic heterocycles. The number of hydrogen-bond acceptors (Lipinski definition) is 4. The Labute approximate surface area is 108 Å². The molecule has 0 fully saturated rings. The van der Waals surface area contributed by atoms with Crippen LogP contribution in [0.4, 0.5) is 0 Å². The lowest BCUT2D eigenvalue weighted by Gasteiger charge is -2.12. The SMILES string of the molecule is CNC1=NN=C(c2cc(Cl)ccc2Cl)CS1. The Balaban J connectivity index is 2.35. The third-order valence-corrected chi connectivity index (χ3v) is 3.60. The van der Waals surface area contributed by atoms with E-state index in [1.807, 2.05) is 13.1 Å². The Morgan fingerprint density at radius 2 is 2.12 bits per heavy atom. The molecule has 0 radical (unpaired) electrons. The standard InChI is InChI=1S/C10H9Cl2N3S/c1-13-10-15-14-9(5-16-10)7-4-6(11)2-3-8(7)12/h2-4H,5H2,1H3,(H,13,15). The van der Waals surface area contributed by atoms with Gasteiger partial charge in [-0.05, 0) is 18.2 Å². The molecule has 2 rings (SSSR count). The third-order valence-electron chi connectivity index (χ3n) is 2.06. The van der Waals surface area contributed by atoms with Crippen LogP contribution in [0.25, 0.3) is 0 Å². The Morgan fingerprint density at radius 1 is 1.31 bits per heavy atom. The van der Waals surface area contributed by atoms with Gasteiger partial charge in [0.2, 0.25) is 0 Å². The van der Waals surface area contributed by atoms with Crippen molar-refractivity contribution in [1.82, 2.24) is 5.32 Å². The van der Waals surface area contributed by atoms with Crippen molar-refractivity contribution in [2.24, 2.45) is 10.2 Å². The maximum atomic E-state index is 6.09. The van der Waals surface area contributed by atoms with Crippen LogP contribution < -0.4 is 5.32 Å². The Morgan fingerprint density at radius 3 is 2.75 bits per heavy atom. The van der Waals surface area contributed by atoms with Gasteiger partial charge in [-0.2, -0.15) is 5.10 Å². The number of nitrogens with one attached hydrogen (secondary N) is 1. The molecule has 1 heterocycles. The summed E-state index contributed by atoms with van der Waals surface area (Å²) < 4.78 is 0. The summed E-state index contributed by atoms with van der Waals surface area (Å²) in [6, 6.07) is 5.33. The number of nitrogens with zero attached hydrogens (tertiary/aromatic N) is 2. The monoisotopic (exact) mass is 273 g/mol. The van der Waals surface area contributed by atoms with Crippen LogP contribution in [-0.2, 0) is 0 Å². The van der Waals surface area contributed by atoms with Gasteiger partial charge >= 0.3 is 0 Å². The molecule has 0 aromatic heterocycles. The fourth-order valence-electron chi connectivity index (χ4n) is 1.27. The number of halogens is 2. The average Bonchev–Trinajstić information content (AvgIpc) is 2.32. The summed E-state index contributed by atoms with van der Waals surface area (Å²) in [4.78, 5) is 0. The minimum absolute atomic E-state index is 0.645. The summed E-state index contributed by atoms with van der Waals surface area (Å²) >= 11 is 13.6. The number of thioether (sulfide) groups is 1. The Hall–Kier alpha value is -0.710. The van der Waals surface area contributed by atoms with Crippen molar-refractivity contribution in [3.63, 3.8) is 0 Å². The highest BCUT2D eigenvalue weighted by atomic mass is 35.5. The van der Waals surface area contributed by atoms with Gasteiger partial charge in [-0.15, -0.1) is 5.10 Å². The molecule has 6 heteroatoms. The first-order chi connectivity index (χ1) is 7.70. The number of benzene rings is 1. The summed E-state index contributed by atoms with van der Waals surface area (Å²) in [6.07, 6.45) is 0. The van der Waals surface area contributed by atoms with Crippen LogP contribution in [0, 0.1) is 0 Å². The highest BCUT2D eigenvalue weighted by molar-refractivity contribution is 8.14. The zero-order valence-corrected chi connectivity index (χ0v) is 10.8. The molecule has 0 amide bonds. The summed E-state index contributed by atoms with van der Waals surface area (Å²) in [6.45, 7) is 0. The van der Waals surface area contributed by atoms with Crippen LogP contribution in [0.1, 0.15) is 5.56 Å². The first-order valence-corrected chi connectivity index (χ1v) is 6.35. The van der Waals surface area contributed by atoms with Crippen molar-refractivity contribution in [3.8, 4) is 0 Å². The van der Waals surface area contributed by atoms with Crippen LogP contribution in [0.3, 0.4) is 0 Å². The maximum absolute atomic E-state index is 6.09. The predicted octanol–water partition coefficient (Wildman–Crippen LogP) is 3.02. The summed E-state index contributed by atoms with van der Waals surface area (Å²) in [7, 11) is 1.82. The molecule has 3 nitrogen and oxygen atoms in total. The lowest BCUT2D eigenvalue weighted by molar-refractivity contribution is 1.13. The molecule has 84 valence electrons. The smallest absolute Gasteiger partial charge is 0.183 e. The molecule has 0 unspecified atom stereocenters. The second-order valence-corrected chi connectivity index (χ2v) is 4.92. The molecule has 0 bridgehead atoms. The van der Waals surface area contributed by atoms with Gasteiger partial charge in [0.05, 0.1) is 5.71 Å². The van der Waals surface area contributed by atoms with Gasteiger partial charge in [-0.3, -0.25) is 0 Å². The minimum Gasteiger partial charge on any atom is -0.366 e. The lowest BCUT2D eigenvalue weighted by atomic mass is 10.1. The molecule has 1 aromatic carbocycles. The summed E-state index contributed by atoms with van der Waals surface area (Å²) in [5.74, 6) is 0.736. The van der Waals surface area contributed by atoms with Gasteiger partial charge in [0.1, 0.15) is 0 Å². The van der Waals surface area contributed by atoms with E-state index < -0.39 is 0 Å². The van der Waals surface area contributed by atoms with Gasteiger partial charge in [-0.25, -0.2) is 0 Å². The van der Waals surface area contributed by atoms with E-state index in [9.17, 15) is 0 Å². The predicted molar refractivity (Wildman–Crippen MR) is 72.0 cm³/mol. The van der Waals surface area contributed by atoms with Crippen molar-refractivity contribution in [3.05, 3.63) is 33.8 Å². The molecule has 1 aromatic rings. The van der Waals surface area contributed by atoms with Gasteiger partial charge in [0.15, 0.2) is 5.17 Å². The second-order valence-electron chi connectivity index (χ2n) is 3.11. The fourth-order valence-corrected chi connectivity index (χ4v) is 2.40. The molecule has 0 saturated carbocycles. The van der Waals surface area contributed by atoms with Crippen LogP contribution in [-0.4, -0.2) is 23.7 Å². The molecule has 0 atom stereocenters. The fraction of sp³-hybridized carbons (Fsp3) is 0.200. The van der Waals surface area contributed by atoms with E-state index in [-0.39, 0.29) is 0 Å². The van der Waals surface area contributed by atoms with E-state index in [0.29, 0.717) is 10.0 Å². The van der Waals surface area contributed by atoms with E-state index >= 15 is 0 Å². The minimum atomic E-state index is 0.645. The van der Waals surface area contributed by atoms with Crippen LogP contribution >= 0.6 is 35.0 Å². The maximum Gasteiger partial charge on any atom is 0.183 e. The normalized spacial score (nSPS) is 15.4. The van der Waals surface area contributed by atoms with E-state index in [1.54, 1.807) is 23.9 Å². The topological polar surface area (TPSA) is 36.8 Å². The zero-order valence-electron chi connectivity index (χ0n) is 8.50. The molecule has 0 saturated heterocycles. The quantitative estimate of drug-likeness (QED) is 0.854. The number of rotatable bonds is 1. The summed E-state index contributed by atoms with van der Waals surface area (Å²) in [5.41, 5.74) is 1.69. The lowest BCUT2D eigenvalue weighted by Crippen LogP contribution is -2.20. The first-order valence-electron chi connectivity index (χ1n) is 4.61. The van der Waals surface area contributed by atoms with Gasteiger partial charge in [0.25, 0.3) is 0 Å². The van der Waals surface area contributed by atoms with E-state index in [2.05, 4.69) is 15.5 Å². The van der Waals surface area contributed by atoms with Crippen molar-refractivity contribution in [1.29, 1.82) is 0 Å². The Kier molecular flexibility index (Phi) is 3.74. The van der Waals surface area contributed by atoms with Crippen molar-refractivity contribution in [2.75, 3.05) is 12.8 Å². The van der Waals surface area contributed by atoms with Gasteiger partial charge < -0.3 is 5.32 Å². The number of amidine groups is 1. The highest BCUT2D eigenvalue weighted by Gasteiger charge is 2.14. The largest absolute Gasteiger partial charge is 0.366 e. The average molecular weight is 274 g/mol. The molecule has 0 spiro atoms. The highest BCUT2D eigenvalue weighted by Crippen LogP contribution is 2.24. The first kappa shape index (κ1) is 11.8. The van der Waals surface area contributed by atoms with Gasteiger partial charge in [-0.1, -0.05) is 35.0 Å². The molecular formula is C10H9Cl2N3S. The van der Waals surface area contributed by atoms with Crippen LogP contribution in [0.5, 0.6) is 0 Å². The number of hydrogen-bond donors (Lipinski definition) is 1. The van der Waals surface area contributed by atoms with E-state index in [0.717, 1.165) is 22.2 Å². The van der Waals surface area contributed by atoms with E-state index in [1.165, 1.54) is 0 Å². The molecule has 1 aliphatic rings. The molecule has 16 heavy (non-hydrogen) atoms. The molecule has 1 N–H and O–H groups in total. The molecule has 0 aliphatic carbocycles. The molecular weight excluding hydrogens is 265 g/mol.